The van der Waals surface area contributed by atoms with Crippen molar-refractivity contribution in [1.82, 2.24) is 0 Å². The Labute approximate surface area is 237 Å². The van der Waals surface area contributed by atoms with Crippen LogP contribution in [0.1, 0.15) is 25.0 Å². The Balaban J connectivity index is 1.35. The van der Waals surface area contributed by atoms with Gasteiger partial charge in [0.1, 0.15) is 0 Å². The van der Waals surface area contributed by atoms with Crippen molar-refractivity contribution in [3.63, 3.8) is 0 Å². The Morgan fingerprint density at radius 2 is 0.850 bits per heavy atom. The maximum absolute atomic E-state index is 2.40. The molecule has 0 saturated carbocycles. The van der Waals surface area contributed by atoms with E-state index < -0.39 is 0 Å². The van der Waals surface area contributed by atoms with Crippen molar-refractivity contribution in [2.24, 2.45) is 0 Å². The van der Waals surface area contributed by atoms with Gasteiger partial charge in [-0.1, -0.05) is 123 Å². The van der Waals surface area contributed by atoms with Crippen molar-refractivity contribution in [1.29, 1.82) is 0 Å². The molecule has 0 amide bonds. The van der Waals surface area contributed by atoms with E-state index >= 15 is 0 Å². The molecule has 192 valence electrons. The molecule has 0 aliphatic heterocycles. The maximum Gasteiger partial charge on any atom is 0.0467 e. The molecule has 0 saturated heterocycles. The van der Waals surface area contributed by atoms with Crippen LogP contribution in [-0.2, 0) is 5.41 Å². The number of hydrogen-bond acceptors (Lipinski definition) is 1. The highest BCUT2D eigenvalue weighted by atomic mass is 15.1. The largest absolute Gasteiger partial charge is 0.310 e. The third kappa shape index (κ3) is 4.12. The van der Waals surface area contributed by atoms with E-state index in [0.717, 1.165) is 11.4 Å². The molecular weight excluding hydrogens is 482 g/mol. The fourth-order valence-corrected chi connectivity index (χ4v) is 6.15. The molecule has 0 spiro atoms. The molecule has 1 aliphatic carbocycles. The highest BCUT2D eigenvalue weighted by molar-refractivity contribution is 5.87. The van der Waals surface area contributed by atoms with Gasteiger partial charge in [0.2, 0.25) is 0 Å². The molecule has 1 aliphatic rings. The zero-order chi connectivity index (χ0) is 27.1. The van der Waals surface area contributed by atoms with Gasteiger partial charge in [0.05, 0.1) is 0 Å². The molecule has 6 aromatic carbocycles. The minimum Gasteiger partial charge on any atom is -0.310 e. The number of para-hydroxylation sites is 1. The lowest BCUT2D eigenvalue weighted by Gasteiger charge is -2.28. The number of hydrogen-bond donors (Lipinski definition) is 0. The van der Waals surface area contributed by atoms with E-state index in [0.29, 0.717) is 0 Å². The van der Waals surface area contributed by atoms with Crippen LogP contribution in [0.5, 0.6) is 0 Å². The normalized spacial score (nSPS) is 12.9. The number of fused-ring (bicyclic) bond motifs is 3. The van der Waals surface area contributed by atoms with Crippen LogP contribution >= 0.6 is 0 Å². The van der Waals surface area contributed by atoms with Crippen molar-refractivity contribution >= 4 is 17.1 Å². The van der Waals surface area contributed by atoms with Crippen LogP contribution in [0, 0.1) is 0 Å². The first kappa shape index (κ1) is 24.2. The van der Waals surface area contributed by atoms with Crippen molar-refractivity contribution < 1.29 is 0 Å². The zero-order valence-electron chi connectivity index (χ0n) is 22.9. The highest BCUT2D eigenvalue weighted by Gasteiger charge is 2.36. The summed E-state index contributed by atoms with van der Waals surface area (Å²) in [6.45, 7) is 4.72. The third-order valence-corrected chi connectivity index (χ3v) is 8.25. The lowest BCUT2D eigenvalue weighted by atomic mass is 9.81. The predicted molar refractivity (Wildman–Crippen MR) is 170 cm³/mol. The van der Waals surface area contributed by atoms with Gasteiger partial charge < -0.3 is 4.90 Å². The molecule has 0 radical (unpaired) electrons. The van der Waals surface area contributed by atoms with Gasteiger partial charge in [-0.25, -0.2) is 0 Å². The summed E-state index contributed by atoms with van der Waals surface area (Å²) in [5.41, 5.74) is 13.7. The van der Waals surface area contributed by atoms with Gasteiger partial charge in [-0.3, -0.25) is 0 Å². The fraction of sp³-hybridized carbons (Fsp3) is 0.0769. The Kier molecular flexibility index (Phi) is 5.86. The molecule has 1 nitrogen and oxygen atoms in total. The van der Waals surface area contributed by atoms with Gasteiger partial charge >= 0.3 is 0 Å². The molecule has 0 atom stereocenters. The summed E-state index contributed by atoms with van der Waals surface area (Å²) in [5.74, 6) is 0. The number of benzene rings is 6. The van der Waals surface area contributed by atoms with Gasteiger partial charge in [-0.2, -0.15) is 0 Å². The Morgan fingerprint density at radius 3 is 1.50 bits per heavy atom. The van der Waals surface area contributed by atoms with Crippen molar-refractivity contribution in [2.45, 2.75) is 19.3 Å². The first-order valence-corrected chi connectivity index (χ1v) is 14.0. The fourth-order valence-electron chi connectivity index (χ4n) is 6.15. The standard InChI is InChI=1S/C39H31N/c1-39(2)37-26-31(29-15-8-4-9-16-29)21-23-35(37)36-24-22-34(27-38(36)39)40(32-18-10-5-11-19-32)33-20-12-17-30(25-33)28-13-6-3-7-14-28/h3-27H,1-2H3. The Bertz CT molecular complexity index is 1800. The molecule has 40 heavy (non-hydrogen) atoms. The molecule has 0 N–H and O–H groups in total. The van der Waals surface area contributed by atoms with Crippen molar-refractivity contribution in [3.8, 4) is 33.4 Å². The molecule has 7 rings (SSSR count). The Morgan fingerprint density at radius 1 is 0.375 bits per heavy atom. The topological polar surface area (TPSA) is 3.24 Å². The molecule has 0 aromatic heterocycles. The summed E-state index contributed by atoms with van der Waals surface area (Å²) in [5, 5.41) is 0. The first-order valence-electron chi connectivity index (χ1n) is 14.0. The SMILES string of the molecule is CC1(C)c2cc(-c3ccccc3)ccc2-c2ccc(N(c3ccccc3)c3cccc(-c4ccccc4)c3)cc21. The van der Waals surface area contributed by atoms with Gasteiger partial charge in [-0.15, -0.1) is 0 Å². The minimum absolute atomic E-state index is 0.111. The Hall–Kier alpha value is -4.88. The van der Waals surface area contributed by atoms with E-state index in [1.165, 1.54) is 50.2 Å². The minimum atomic E-state index is -0.111. The van der Waals surface area contributed by atoms with Crippen LogP contribution in [0.2, 0.25) is 0 Å². The van der Waals surface area contributed by atoms with Crippen molar-refractivity contribution in [3.05, 3.63) is 163 Å². The maximum atomic E-state index is 2.40. The summed E-state index contributed by atoms with van der Waals surface area (Å²) < 4.78 is 0. The van der Waals surface area contributed by atoms with E-state index in [-0.39, 0.29) is 5.41 Å². The van der Waals surface area contributed by atoms with Crippen LogP contribution in [0.15, 0.2) is 152 Å². The van der Waals surface area contributed by atoms with Gasteiger partial charge in [0, 0.05) is 22.5 Å². The molecule has 0 fully saturated rings. The van der Waals surface area contributed by atoms with Gasteiger partial charge in [0.25, 0.3) is 0 Å². The van der Waals surface area contributed by atoms with Crippen LogP contribution in [0.4, 0.5) is 17.1 Å². The average Bonchev–Trinajstić information content (AvgIpc) is 3.24. The summed E-state index contributed by atoms with van der Waals surface area (Å²) >= 11 is 0. The van der Waals surface area contributed by atoms with Gasteiger partial charge in [-0.05, 0) is 87.0 Å². The van der Waals surface area contributed by atoms with Crippen LogP contribution in [0.3, 0.4) is 0 Å². The van der Waals surface area contributed by atoms with E-state index in [2.05, 4.69) is 170 Å². The molecule has 0 heterocycles. The van der Waals surface area contributed by atoms with Crippen LogP contribution in [0.25, 0.3) is 33.4 Å². The van der Waals surface area contributed by atoms with Crippen LogP contribution in [-0.4, -0.2) is 0 Å². The summed E-state index contributed by atoms with van der Waals surface area (Å²) in [6.07, 6.45) is 0. The van der Waals surface area contributed by atoms with E-state index in [4.69, 9.17) is 0 Å². The highest BCUT2D eigenvalue weighted by Crippen LogP contribution is 2.51. The summed E-state index contributed by atoms with van der Waals surface area (Å²) in [7, 11) is 0. The smallest absolute Gasteiger partial charge is 0.0467 e. The number of anilines is 3. The van der Waals surface area contributed by atoms with E-state index in [9.17, 15) is 0 Å². The van der Waals surface area contributed by atoms with Gasteiger partial charge in [0.15, 0.2) is 0 Å². The zero-order valence-corrected chi connectivity index (χ0v) is 22.9. The summed E-state index contributed by atoms with van der Waals surface area (Å²) in [4.78, 5) is 2.38. The monoisotopic (exact) mass is 513 g/mol. The number of nitrogens with zero attached hydrogens (tertiary/aromatic N) is 1. The summed E-state index contributed by atoms with van der Waals surface area (Å²) in [6, 6.07) is 54.8. The molecule has 6 aromatic rings. The second kappa shape index (κ2) is 9.70. The van der Waals surface area contributed by atoms with Crippen molar-refractivity contribution in [2.75, 3.05) is 4.90 Å². The van der Waals surface area contributed by atoms with Crippen LogP contribution < -0.4 is 4.90 Å². The predicted octanol–water partition coefficient (Wildman–Crippen LogP) is 10.8. The lowest BCUT2D eigenvalue weighted by molar-refractivity contribution is 0.660. The quantitative estimate of drug-likeness (QED) is 0.222. The molecule has 0 unspecified atom stereocenters. The second-order valence-electron chi connectivity index (χ2n) is 11.1. The molecular formula is C39H31N. The van der Waals surface area contributed by atoms with E-state index in [1.807, 2.05) is 0 Å². The molecule has 1 heteroatoms. The second-order valence-corrected chi connectivity index (χ2v) is 11.1. The van der Waals surface area contributed by atoms with E-state index in [1.54, 1.807) is 0 Å². The molecule has 0 bridgehead atoms. The third-order valence-electron chi connectivity index (χ3n) is 8.25. The number of rotatable bonds is 5. The first-order chi connectivity index (χ1) is 19.6. The average molecular weight is 514 g/mol. The lowest BCUT2D eigenvalue weighted by Crippen LogP contribution is -2.16.